The van der Waals surface area contributed by atoms with Gasteiger partial charge in [0.25, 0.3) is 0 Å². The van der Waals surface area contributed by atoms with Gasteiger partial charge in [-0.3, -0.25) is 4.79 Å². The van der Waals surface area contributed by atoms with Crippen LogP contribution in [0.4, 0.5) is 0 Å². The zero-order valence-corrected chi connectivity index (χ0v) is 14.0. The lowest BCUT2D eigenvalue weighted by molar-refractivity contribution is 0.103. The number of H-pyrrole nitrogens is 2. The fraction of sp³-hybridized carbons (Fsp3) is 0.0769. The van der Waals surface area contributed by atoms with Gasteiger partial charge in [-0.15, -0.1) is 5.10 Å². The van der Waals surface area contributed by atoms with Crippen LogP contribution in [0.2, 0.25) is 0 Å². The van der Waals surface area contributed by atoms with E-state index >= 15 is 0 Å². The minimum Gasteiger partial charge on any atom is -0.354 e. The second kappa shape index (κ2) is 5.53. The number of hydrogen-bond donors (Lipinski definition) is 2. The van der Waals surface area contributed by atoms with Crippen LogP contribution in [0.3, 0.4) is 0 Å². The third kappa shape index (κ3) is 2.56. The smallest absolute Gasteiger partial charge is 0.197 e. The number of aromatic amines is 2. The van der Waals surface area contributed by atoms with Crippen molar-refractivity contribution in [1.29, 1.82) is 0 Å². The molecule has 0 amide bonds. The molecule has 0 aliphatic carbocycles. The van der Waals surface area contributed by atoms with E-state index in [1.54, 1.807) is 12.1 Å². The van der Waals surface area contributed by atoms with Crippen molar-refractivity contribution in [2.75, 3.05) is 0 Å². The first-order valence-electron chi connectivity index (χ1n) is 6.00. The van der Waals surface area contributed by atoms with Crippen LogP contribution >= 0.6 is 31.9 Å². The summed E-state index contributed by atoms with van der Waals surface area (Å²) in [6.07, 6.45) is 0. The summed E-state index contributed by atoms with van der Waals surface area (Å²) >= 11 is 6.83. The van der Waals surface area contributed by atoms with Gasteiger partial charge in [-0.25, -0.2) is 5.10 Å². The summed E-state index contributed by atoms with van der Waals surface area (Å²) in [4.78, 5) is 15.8. The van der Waals surface area contributed by atoms with Crippen molar-refractivity contribution in [3.8, 4) is 11.5 Å². The minimum absolute atomic E-state index is 0.0735. The Hall–Kier alpha value is -1.80. The van der Waals surface area contributed by atoms with Crippen LogP contribution in [0, 0.1) is 6.92 Å². The topological polar surface area (TPSA) is 87.3 Å². The van der Waals surface area contributed by atoms with E-state index in [0.29, 0.717) is 27.1 Å². The van der Waals surface area contributed by atoms with Gasteiger partial charge in [-0.2, -0.15) is 0 Å². The summed E-state index contributed by atoms with van der Waals surface area (Å²) < 4.78 is 1.50. The lowest BCUT2D eigenvalue weighted by Crippen LogP contribution is -2.02. The van der Waals surface area contributed by atoms with Gasteiger partial charge in [0.15, 0.2) is 11.6 Å². The number of aromatic nitrogens is 5. The first-order chi connectivity index (χ1) is 10.1. The van der Waals surface area contributed by atoms with E-state index in [1.165, 1.54) is 0 Å². The van der Waals surface area contributed by atoms with Gasteiger partial charge in [0.1, 0.15) is 5.69 Å². The van der Waals surface area contributed by atoms with Crippen LogP contribution in [0.1, 0.15) is 21.6 Å². The summed E-state index contributed by atoms with van der Waals surface area (Å²) in [5.41, 5.74) is 2.57. The zero-order chi connectivity index (χ0) is 15.0. The van der Waals surface area contributed by atoms with E-state index in [2.05, 4.69) is 57.5 Å². The number of aryl methyl sites for hydroxylation is 1. The molecule has 0 aliphatic rings. The number of benzene rings is 1. The Labute approximate surface area is 136 Å². The molecule has 0 spiro atoms. The molecule has 0 unspecified atom stereocenters. The van der Waals surface area contributed by atoms with Crippen molar-refractivity contribution in [3.05, 3.63) is 50.0 Å². The molecule has 21 heavy (non-hydrogen) atoms. The summed E-state index contributed by atoms with van der Waals surface area (Å²) in [6.45, 7) is 1.84. The number of tetrazole rings is 1. The molecule has 0 bridgehead atoms. The number of carbonyl (C=O) groups is 1. The summed E-state index contributed by atoms with van der Waals surface area (Å²) in [5, 5.41) is 13.6. The summed E-state index contributed by atoms with van der Waals surface area (Å²) in [6, 6.07) is 7.27. The highest BCUT2D eigenvalue weighted by Crippen LogP contribution is 2.32. The Morgan fingerprint density at radius 3 is 2.76 bits per heavy atom. The third-order valence-electron chi connectivity index (χ3n) is 3.02. The zero-order valence-electron chi connectivity index (χ0n) is 10.8. The van der Waals surface area contributed by atoms with Crippen LogP contribution in [0.15, 0.2) is 33.2 Å². The molecule has 3 rings (SSSR count). The summed E-state index contributed by atoms with van der Waals surface area (Å²) in [7, 11) is 0. The Kier molecular flexibility index (Phi) is 3.73. The number of rotatable bonds is 3. The molecule has 0 fully saturated rings. The molecule has 1 aromatic carbocycles. The Morgan fingerprint density at radius 2 is 2.10 bits per heavy atom. The van der Waals surface area contributed by atoms with Crippen molar-refractivity contribution >= 4 is 37.6 Å². The number of halogens is 2. The quantitative estimate of drug-likeness (QED) is 0.648. The van der Waals surface area contributed by atoms with Gasteiger partial charge in [-0.05, 0) is 45.4 Å². The highest BCUT2D eigenvalue weighted by molar-refractivity contribution is 9.11. The number of ketones is 1. The van der Waals surface area contributed by atoms with Crippen LogP contribution in [0.25, 0.3) is 11.5 Å². The second-order valence-corrected chi connectivity index (χ2v) is 6.11. The molecule has 0 radical (unpaired) electrons. The number of nitrogens with zero attached hydrogens (tertiary/aromatic N) is 3. The predicted molar refractivity (Wildman–Crippen MR) is 84.0 cm³/mol. The van der Waals surface area contributed by atoms with Crippen molar-refractivity contribution < 1.29 is 4.79 Å². The van der Waals surface area contributed by atoms with Crippen LogP contribution < -0.4 is 0 Å². The van der Waals surface area contributed by atoms with Crippen molar-refractivity contribution in [3.63, 3.8) is 0 Å². The van der Waals surface area contributed by atoms with E-state index in [4.69, 9.17) is 0 Å². The van der Waals surface area contributed by atoms with Gasteiger partial charge < -0.3 is 4.98 Å². The monoisotopic (exact) mass is 409 g/mol. The average Bonchev–Trinajstić information content (AvgIpc) is 3.06. The molecule has 0 aliphatic heterocycles. The molecule has 0 saturated carbocycles. The fourth-order valence-corrected chi connectivity index (χ4v) is 3.23. The van der Waals surface area contributed by atoms with Crippen molar-refractivity contribution in [2.45, 2.75) is 6.92 Å². The van der Waals surface area contributed by atoms with Crippen LogP contribution in [-0.2, 0) is 0 Å². The highest BCUT2D eigenvalue weighted by atomic mass is 79.9. The largest absolute Gasteiger partial charge is 0.354 e. The molecule has 0 saturated heterocycles. The van der Waals surface area contributed by atoms with E-state index in [1.807, 2.05) is 19.1 Å². The Balaban J connectivity index is 2.09. The molecule has 2 aromatic heterocycles. The first-order valence-corrected chi connectivity index (χ1v) is 7.59. The van der Waals surface area contributed by atoms with Gasteiger partial charge >= 0.3 is 0 Å². The lowest BCUT2D eigenvalue weighted by atomic mass is 10.0. The van der Waals surface area contributed by atoms with E-state index < -0.39 is 0 Å². The number of nitrogens with one attached hydrogen (secondary N) is 2. The van der Waals surface area contributed by atoms with E-state index in [0.717, 1.165) is 10.2 Å². The Morgan fingerprint density at radius 1 is 1.29 bits per heavy atom. The molecular weight excluding hydrogens is 402 g/mol. The molecule has 0 atom stereocenters. The molecule has 8 heteroatoms. The standard InChI is InChI=1S/C13H9Br2N5O/c1-6-9(12(21)7-3-2-4-8(14)5-7)10(15)11(16-6)13-17-19-20-18-13/h2-5,16H,1H3,(H,17,18,19,20). The highest BCUT2D eigenvalue weighted by Gasteiger charge is 2.22. The molecule has 2 N–H and O–H groups in total. The maximum Gasteiger partial charge on any atom is 0.197 e. The van der Waals surface area contributed by atoms with Gasteiger partial charge in [0, 0.05) is 15.7 Å². The maximum absolute atomic E-state index is 12.7. The van der Waals surface area contributed by atoms with E-state index in [9.17, 15) is 4.79 Å². The average molecular weight is 411 g/mol. The van der Waals surface area contributed by atoms with Gasteiger partial charge in [0.2, 0.25) is 0 Å². The first kappa shape index (κ1) is 14.2. The van der Waals surface area contributed by atoms with Crippen molar-refractivity contribution in [2.24, 2.45) is 0 Å². The second-order valence-electron chi connectivity index (χ2n) is 4.40. The minimum atomic E-state index is -0.0735. The fourth-order valence-electron chi connectivity index (χ4n) is 2.07. The molecule has 6 nitrogen and oxygen atoms in total. The van der Waals surface area contributed by atoms with Gasteiger partial charge in [-0.1, -0.05) is 28.1 Å². The number of hydrogen-bond acceptors (Lipinski definition) is 4. The SMILES string of the molecule is Cc1[nH]c(-c2nnn[nH]2)c(Br)c1C(=O)c1cccc(Br)c1. The normalized spacial score (nSPS) is 10.8. The lowest BCUT2D eigenvalue weighted by Gasteiger charge is -2.02. The summed E-state index contributed by atoms with van der Waals surface area (Å²) in [5.74, 6) is 0.397. The molecule has 106 valence electrons. The predicted octanol–water partition coefficient (Wildman–Crippen LogP) is 3.26. The van der Waals surface area contributed by atoms with Crippen molar-refractivity contribution in [1.82, 2.24) is 25.6 Å². The molecule has 3 aromatic rings. The van der Waals surface area contributed by atoms with Crippen LogP contribution in [-0.4, -0.2) is 31.4 Å². The van der Waals surface area contributed by atoms with Crippen LogP contribution in [0.5, 0.6) is 0 Å². The Bertz CT molecular complexity index is 810. The van der Waals surface area contributed by atoms with E-state index in [-0.39, 0.29) is 5.78 Å². The van der Waals surface area contributed by atoms with Gasteiger partial charge in [0.05, 0.1) is 10.0 Å². The number of carbonyl (C=O) groups excluding carboxylic acids is 1. The molecular formula is C13H9Br2N5O. The maximum atomic E-state index is 12.7. The third-order valence-corrected chi connectivity index (χ3v) is 4.31. The molecule has 2 heterocycles.